The van der Waals surface area contributed by atoms with Gasteiger partial charge in [0.1, 0.15) is 10.8 Å². The van der Waals surface area contributed by atoms with Gasteiger partial charge in [-0.15, -0.1) is 0 Å². The van der Waals surface area contributed by atoms with Crippen molar-refractivity contribution in [3.63, 3.8) is 0 Å². The van der Waals surface area contributed by atoms with E-state index in [9.17, 15) is 8.78 Å². The Labute approximate surface area is 77.8 Å². The summed E-state index contributed by atoms with van der Waals surface area (Å²) in [5.41, 5.74) is 0. The summed E-state index contributed by atoms with van der Waals surface area (Å²) in [6.07, 6.45) is 0. The first-order valence-corrected chi connectivity index (χ1v) is 3.67. The van der Waals surface area contributed by atoms with Gasteiger partial charge in [0.2, 0.25) is 0 Å². The molecular formula is C7H3Cl2F2O. The standard InChI is InChI=1S/C7H3Cl2F2O/c8-4-2-1-3-5(6(4)9)12-7(10)11/h1,3,7H. The van der Waals surface area contributed by atoms with Gasteiger partial charge < -0.3 is 4.74 Å². The van der Waals surface area contributed by atoms with Crippen LogP contribution in [0.5, 0.6) is 5.75 Å². The molecule has 0 saturated carbocycles. The van der Waals surface area contributed by atoms with Crippen LogP contribution >= 0.6 is 23.2 Å². The fraction of sp³-hybridized carbons (Fsp3) is 0.143. The number of rotatable bonds is 2. The summed E-state index contributed by atoms with van der Waals surface area (Å²) < 4.78 is 27.5. The quantitative estimate of drug-likeness (QED) is 0.729. The minimum atomic E-state index is -2.90. The molecule has 0 aliphatic rings. The first kappa shape index (κ1) is 9.55. The molecule has 0 N–H and O–H groups in total. The maximum atomic E-state index is 11.7. The van der Waals surface area contributed by atoms with Gasteiger partial charge in [0.05, 0.1) is 5.02 Å². The number of hydrogen-bond acceptors (Lipinski definition) is 1. The smallest absolute Gasteiger partial charge is 0.387 e. The Kier molecular flexibility index (Phi) is 3.12. The lowest BCUT2D eigenvalue weighted by Gasteiger charge is -2.06. The van der Waals surface area contributed by atoms with Crippen molar-refractivity contribution in [2.45, 2.75) is 6.61 Å². The average molecular weight is 212 g/mol. The summed E-state index contributed by atoms with van der Waals surface area (Å²) in [7, 11) is 0. The molecule has 65 valence electrons. The number of hydrogen-bond donors (Lipinski definition) is 0. The molecular weight excluding hydrogens is 209 g/mol. The molecule has 0 fully saturated rings. The van der Waals surface area contributed by atoms with Gasteiger partial charge in [-0.1, -0.05) is 23.2 Å². The van der Waals surface area contributed by atoms with Crippen molar-refractivity contribution in [1.82, 2.24) is 0 Å². The Bertz CT molecular complexity index is 278. The Morgan fingerprint density at radius 3 is 2.67 bits per heavy atom. The molecule has 0 aromatic heterocycles. The predicted molar refractivity (Wildman–Crippen MR) is 41.9 cm³/mol. The van der Waals surface area contributed by atoms with Gasteiger partial charge >= 0.3 is 6.61 Å². The molecule has 0 amide bonds. The van der Waals surface area contributed by atoms with Gasteiger partial charge in [-0.2, -0.15) is 8.78 Å². The van der Waals surface area contributed by atoms with Crippen LogP contribution in [-0.2, 0) is 0 Å². The summed E-state index contributed by atoms with van der Waals surface area (Å²) >= 11 is 11.0. The fourth-order valence-electron chi connectivity index (χ4n) is 0.622. The Hall–Kier alpha value is -0.540. The zero-order valence-electron chi connectivity index (χ0n) is 5.65. The molecule has 0 saturated heterocycles. The second-order valence-electron chi connectivity index (χ2n) is 1.85. The molecule has 1 aromatic rings. The Balaban J connectivity index is 2.92. The van der Waals surface area contributed by atoms with E-state index >= 15 is 0 Å². The first-order chi connectivity index (χ1) is 5.61. The van der Waals surface area contributed by atoms with E-state index in [2.05, 4.69) is 10.8 Å². The van der Waals surface area contributed by atoms with Gasteiger partial charge in [-0.25, -0.2) is 0 Å². The second kappa shape index (κ2) is 3.92. The lowest BCUT2D eigenvalue weighted by molar-refractivity contribution is -0.0497. The van der Waals surface area contributed by atoms with E-state index in [1.165, 1.54) is 12.1 Å². The summed E-state index contributed by atoms with van der Waals surface area (Å²) in [6.45, 7) is -2.90. The van der Waals surface area contributed by atoms with Crippen LogP contribution in [0.15, 0.2) is 12.1 Å². The number of halogens is 4. The molecule has 12 heavy (non-hydrogen) atoms. The van der Waals surface area contributed by atoms with Gasteiger partial charge in [0, 0.05) is 6.07 Å². The lowest BCUT2D eigenvalue weighted by atomic mass is 10.3. The second-order valence-corrected chi connectivity index (χ2v) is 2.60. The summed E-state index contributed by atoms with van der Waals surface area (Å²) in [4.78, 5) is 0. The summed E-state index contributed by atoms with van der Waals surface area (Å²) in [5, 5.41) is 0.00860. The highest BCUT2D eigenvalue weighted by molar-refractivity contribution is 6.42. The first-order valence-electron chi connectivity index (χ1n) is 2.91. The number of alkyl halides is 2. The third-order valence-corrected chi connectivity index (χ3v) is 1.84. The van der Waals surface area contributed by atoms with Gasteiger partial charge in [0.25, 0.3) is 0 Å². The van der Waals surface area contributed by atoms with Gasteiger partial charge in [0.15, 0.2) is 0 Å². The molecule has 1 rings (SSSR count). The lowest BCUT2D eigenvalue weighted by Crippen LogP contribution is -2.02. The molecule has 0 atom stereocenters. The van der Waals surface area contributed by atoms with Gasteiger partial charge in [-0.05, 0) is 12.1 Å². The van der Waals surface area contributed by atoms with Crippen LogP contribution < -0.4 is 4.74 Å². The van der Waals surface area contributed by atoms with Crippen LogP contribution in [0.1, 0.15) is 0 Å². The van der Waals surface area contributed by atoms with Crippen molar-refractivity contribution in [1.29, 1.82) is 0 Å². The highest BCUT2D eigenvalue weighted by atomic mass is 35.5. The third-order valence-electron chi connectivity index (χ3n) is 1.07. The predicted octanol–water partition coefficient (Wildman–Crippen LogP) is 3.39. The maximum absolute atomic E-state index is 11.7. The zero-order valence-corrected chi connectivity index (χ0v) is 7.16. The Morgan fingerprint density at radius 2 is 2.08 bits per heavy atom. The molecule has 1 aromatic carbocycles. The monoisotopic (exact) mass is 211 g/mol. The van der Waals surface area contributed by atoms with E-state index in [1.54, 1.807) is 0 Å². The highest BCUT2D eigenvalue weighted by Crippen LogP contribution is 2.31. The molecule has 0 spiro atoms. The number of ether oxygens (including phenoxy) is 1. The van der Waals surface area contributed by atoms with E-state index in [-0.39, 0.29) is 15.8 Å². The summed E-state index contributed by atoms with van der Waals surface area (Å²) in [6, 6.07) is 5.14. The van der Waals surface area contributed by atoms with Crippen LogP contribution in [0.2, 0.25) is 10.0 Å². The van der Waals surface area contributed by atoms with E-state index in [0.29, 0.717) is 0 Å². The molecule has 0 heterocycles. The van der Waals surface area contributed by atoms with Gasteiger partial charge in [-0.3, -0.25) is 0 Å². The highest BCUT2D eigenvalue weighted by Gasteiger charge is 2.10. The van der Waals surface area contributed by atoms with Crippen LogP contribution in [0.4, 0.5) is 8.78 Å². The van der Waals surface area contributed by atoms with Crippen LogP contribution in [0.25, 0.3) is 0 Å². The van der Waals surface area contributed by atoms with Crippen molar-refractivity contribution in [2.24, 2.45) is 0 Å². The van der Waals surface area contributed by atoms with Crippen molar-refractivity contribution < 1.29 is 13.5 Å². The summed E-state index contributed by atoms with van der Waals surface area (Å²) in [5.74, 6) is -0.143. The fourth-order valence-corrected chi connectivity index (χ4v) is 0.940. The van der Waals surface area contributed by atoms with Crippen molar-refractivity contribution in [3.05, 3.63) is 28.2 Å². The maximum Gasteiger partial charge on any atom is 0.387 e. The third kappa shape index (κ3) is 2.22. The van der Waals surface area contributed by atoms with Crippen LogP contribution in [0.3, 0.4) is 0 Å². The minimum absolute atomic E-state index is 0.0560. The Morgan fingerprint density at radius 1 is 1.42 bits per heavy atom. The molecule has 1 radical (unpaired) electrons. The molecule has 0 aliphatic heterocycles. The molecule has 0 unspecified atom stereocenters. The van der Waals surface area contributed by atoms with Crippen molar-refractivity contribution in [2.75, 3.05) is 0 Å². The van der Waals surface area contributed by atoms with Crippen LogP contribution in [0, 0.1) is 6.07 Å². The van der Waals surface area contributed by atoms with Crippen LogP contribution in [-0.4, -0.2) is 6.61 Å². The zero-order chi connectivity index (χ0) is 9.14. The average Bonchev–Trinajstić information content (AvgIpc) is 1.98. The number of benzene rings is 1. The van der Waals surface area contributed by atoms with Crippen molar-refractivity contribution in [3.8, 4) is 5.75 Å². The molecule has 1 nitrogen and oxygen atoms in total. The topological polar surface area (TPSA) is 9.23 Å². The van der Waals surface area contributed by atoms with E-state index in [0.717, 1.165) is 0 Å². The molecule has 0 aliphatic carbocycles. The SMILES string of the molecule is FC(F)Oc1cc[c]c(Cl)c1Cl. The normalized spacial score (nSPS) is 10.4. The van der Waals surface area contributed by atoms with E-state index in [4.69, 9.17) is 23.2 Å². The van der Waals surface area contributed by atoms with E-state index < -0.39 is 6.61 Å². The van der Waals surface area contributed by atoms with Crippen molar-refractivity contribution >= 4 is 23.2 Å². The molecule has 5 heteroatoms. The minimum Gasteiger partial charge on any atom is -0.433 e. The van der Waals surface area contributed by atoms with E-state index in [1.807, 2.05) is 0 Å². The molecule has 0 bridgehead atoms. The largest absolute Gasteiger partial charge is 0.433 e.